The summed E-state index contributed by atoms with van der Waals surface area (Å²) in [5.74, 6) is 2.86. The first-order chi connectivity index (χ1) is 21.2. The normalized spacial score (nSPS) is 24.0. The molecule has 0 unspecified atom stereocenters. The maximum Gasteiger partial charge on any atom is 0.182 e. The van der Waals surface area contributed by atoms with Gasteiger partial charge in [0.1, 0.15) is 5.52 Å². The summed E-state index contributed by atoms with van der Waals surface area (Å²) in [6.07, 6.45) is 10.1. The summed E-state index contributed by atoms with van der Waals surface area (Å²) < 4.78 is 5.53. The topological polar surface area (TPSA) is 38.9 Å². The monoisotopic (exact) mass is 558 g/mol. The number of aromatic nitrogens is 2. The molecule has 0 saturated heterocycles. The number of benzene rings is 4. The molecule has 210 valence electrons. The summed E-state index contributed by atoms with van der Waals surface area (Å²) >= 11 is 0. The van der Waals surface area contributed by atoms with Crippen LogP contribution in [0.1, 0.15) is 44.1 Å². The van der Waals surface area contributed by atoms with Crippen LogP contribution in [-0.2, 0) is 5.41 Å². The number of hydrogen-bond acceptors (Lipinski definition) is 3. The quantitative estimate of drug-likeness (QED) is 0.211. The van der Waals surface area contributed by atoms with Crippen LogP contribution in [0.15, 0.2) is 120 Å². The maximum absolute atomic E-state index is 5.53. The Morgan fingerprint density at radius 2 is 1.16 bits per heavy atom. The van der Waals surface area contributed by atoms with E-state index in [1.165, 1.54) is 61.6 Å². The number of para-hydroxylation sites is 1. The van der Waals surface area contributed by atoms with Gasteiger partial charge in [-0.3, -0.25) is 0 Å². The van der Waals surface area contributed by atoms with Gasteiger partial charge in [-0.2, -0.15) is 0 Å². The van der Waals surface area contributed by atoms with Crippen molar-refractivity contribution in [2.75, 3.05) is 0 Å². The summed E-state index contributed by atoms with van der Waals surface area (Å²) in [6.45, 7) is 0. The van der Waals surface area contributed by atoms with E-state index < -0.39 is 0 Å². The van der Waals surface area contributed by atoms with Crippen LogP contribution in [0.3, 0.4) is 0 Å². The van der Waals surface area contributed by atoms with Crippen LogP contribution in [0.2, 0.25) is 0 Å². The predicted molar refractivity (Wildman–Crippen MR) is 173 cm³/mol. The molecular weight excluding hydrogens is 524 g/mol. The molecule has 3 heteroatoms. The molecule has 0 radical (unpaired) electrons. The lowest BCUT2D eigenvalue weighted by atomic mass is 9.48. The van der Waals surface area contributed by atoms with E-state index in [1.54, 1.807) is 5.56 Å². The average Bonchev–Trinajstić information content (AvgIpc) is 3.54. The lowest BCUT2D eigenvalue weighted by molar-refractivity contribution is -0.00518. The molecule has 0 aliphatic heterocycles. The van der Waals surface area contributed by atoms with Crippen LogP contribution >= 0.6 is 0 Å². The zero-order chi connectivity index (χ0) is 28.4. The van der Waals surface area contributed by atoms with Crippen molar-refractivity contribution in [1.29, 1.82) is 0 Å². The molecule has 4 aromatic carbocycles. The first-order valence-corrected chi connectivity index (χ1v) is 15.8. The Kier molecular flexibility index (Phi) is 5.69. The Balaban J connectivity index is 1.09. The van der Waals surface area contributed by atoms with E-state index in [0.717, 1.165) is 56.9 Å². The third kappa shape index (κ3) is 4.33. The van der Waals surface area contributed by atoms with Crippen molar-refractivity contribution in [2.24, 2.45) is 17.8 Å². The second kappa shape index (κ2) is 9.77. The molecule has 4 saturated carbocycles. The highest BCUT2D eigenvalue weighted by atomic mass is 16.3. The van der Waals surface area contributed by atoms with E-state index in [1.807, 2.05) is 12.1 Å². The number of rotatable bonds is 5. The van der Waals surface area contributed by atoms with Gasteiger partial charge in [0.25, 0.3) is 0 Å². The number of nitrogens with zero attached hydrogens (tertiary/aromatic N) is 2. The molecule has 0 atom stereocenters. The number of oxazole rings is 1. The smallest absolute Gasteiger partial charge is 0.182 e. The molecule has 6 aromatic rings. The van der Waals surface area contributed by atoms with Crippen molar-refractivity contribution in [3.8, 4) is 44.8 Å². The second-order valence-electron chi connectivity index (χ2n) is 13.3. The lowest BCUT2D eigenvalue weighted by Crippen LogP contribution is -2.48. The molecule has 0 spiro atoms. The third-order valence-electron chi connectivity index (χ3n) is 10.6. The van der Waals surface area contributed by atoms with Crippen molar-refractivity contribution in [3.63, 3.8) is 0 Å². The van der Waals surface area contributed by atoms with Gasteiger partial charge in [-0.25, -0.2) is 9.97 Å². The number of fused-ring (bicyclic) bond motifs is 1. The van der Waals surface area contributed by atoms with E-state index in [2.05, 4.69) is 102 Å². The lowest BCUT2D eigenvalue weighted by Gasteiger charge is -2.57. The zero-order valence-corrected chi connectivity index (χ0v) is 24.2. The Hall–Kier alpha value is -4.50. The van der Waals surface area contributed by atoms with Crippen molar-refractivity contribution < 1.29 is 4.42 Å². The Bertz CT molecular complexity index is 1900. The van der Waals surface area contributed by atoms with Crippen LogP contribution in [0.5, 0.6) is 0 Å². The van der Waals surface area contributed by atoms with E-state index in [-0.39, 0.29) is 0 Å². The van der Waals surface area contributed by atoms with Gasteiger partial charge in [0, 0.05) is 16.7 Å². The zero-order valence-electron chi connectivity index (χ0n) is 24.2. The summed E-state index contributed by atoms with van der Waals surface area (Å²) in [6, 6.07) is 39.4. The standard InChI is InChI=1S/C40H34N2O/c1-2-5-31(6-3-1)36-20-33(29-9-11-30(12-10-29)35-7-4-8-38-39(35)41-25-43-38)21-37(42-36)32-13-15-34(16-14-32)40-22-26-17-27(23-40)19-28(18-26)24-40/h1-16,20-21,25-28H,17-19,22-24H2. The molecule has 10 rings (SSSR count). The highest BCUT2D eigenvalue weighted by Crippen LogP contribution is 2.60. The van der Waals surface area contributed by atoms with Crippen LogP contribution in [0.4, 0.5) is 0 Å². The number of hydrogen-bond donors (Lipinski definition) is 0. The Morgan fingerprint density at radius 1 is 0.558 bits per heavy atom. The molecule has 4 fully saturated rings. The SMILES string of the molecule is c1ccc(-c2cc(-c3ccc(-c4cccc5ocnc45)cc3)cc(-c3ccc(C45CC6CC(CC(C6)C4)C5)cc3)n2)cc1. The van der Waals surface area contributed by atoms with Gasteiger partial charge in [0.05, 0.1) is 11.4 Å². The van der Waals surface area contributed by atoms with Crippen LogP contribution < -0.4 is 0 Å². The highest BCUT2D eigenvalue weighted by Gasteiger charge is 2.51. The van der Waals surface area contributed by atoms with Crippen molar-refractivity contribution in [1.82, 2.24) is 9.97 Å². The highest BCUT2D eigenvalue weighted by molar-refractivity contribution is 5.91. The fourth-order valence-corrected chi connectivity index (χ4v) is 9.02. The van der Waals surface area contributed by atoms with Crippen molar-refractivity contribution in [2.45, 2.75) is 43.9 Å². The van der Waals surface area contributed by atoms with Gasteiger partial charge >= 0.3 is 0 Å². The third-order valence-corrected chi connectivity index (χ3v) is 10.6. The molecular formula is C40H34N2O. The largest absolute Gasteiger partial charge is 0.443 e. The molecule has 43 heavy (non-hydrogen) atoms. The molecule has 4 aliphatic carbocycles. The average molecular weight is 559 g/mol. The van der Waals surface area contributed by atoms with E-state index in [9.17, 15) is 0 Å². The van der Waals surface area contributed by atoms with Crippen molar-refractivity contribution in [3.05, 3.63) is 121 Å². The van der Waals surface area contributed by atoms with Crippen LogP contribution in [0, 0.1) is 17.8 Å². The minimum Gasteiger partial charge on any atom is -0.443 e. The predicted octanol–water partition coefficient (Wildman–Crippen LogP) is 10.4. The first kappa shape index (κ1) is 25.0. The minimum atomic E-state index is 0.413. The fourth-order valence-electron chi connectivity index (χ4n) is 9.02. The van der Waals surface area contributed by atoms with Crippen LogP contribution in [-0.4, -0.2) is 9.97 Å². The molecule has 0 N–H and O–H groups in total. The van der Waals surface area contributed by atoms with E-state index in [0.29, 0.717) is 5.41 Å². The number of pyridine rings is 1. The van der Waals surface area contributed by atoms with Gasteiger partial charge in [-0.05, 0) is 102 Å². The summed E-state index contributed by atoms with van der Waals surface area (Å²) in [4.78, 5) is 9.65. The first-order valence-electron chi connectivity index (χ1n) is 15.8. The Morgan fingerprint density at radius 3 is 1.84 bits per heavy atom. The molecule has 4 aliphatic rings. The summed E-state index contributed by atoms with van der Waals surface area (Å²) in [7, 11) is 0. The molecule has 2 heterocycles. The molecule has 0 amide bonds. The molecule has 4 bridgehead atoms. The van der Waals surface area contributed by atoms with Gasteiger partial charge in [-0.15, -0.1) is 0 Å². The van der Waals surface area contributed by atoms with Gasteiger partial charge in [0.15, 0.2) is 12.0 Å². The molecule has 3 nitrogen and oxygen atoms in total. The fraction of sp³-hybridized carbons (Fsp3) is 0.250. The summed E-state index contributed by atoms with van der Waals surface area (Å²) in [5, 5.41) is 0. The minimum absolute atomic E-state index is 0.413. The van der Waals surface area contributed by atoms with Crippen LogP contribution in [0.25, 0.3) is 55.9 Å². The maximum atomic E-state index is 5.53. The second-order valence-corrected chi connectivity index (χ2v) is 13.3. The molecule has 2 aromatic heterocycles. The van der Waals surface area contributed by atoms with Gasteiger partial charge < -0.3 is 4.42 Å². The van der Waals surface area contributed by atoms with Gasteiger partial charge in [0.2, 0.25) is 0 Å². The van der Waals surface area contributed by atoms with Gasteiger partial charge in [-0.1, -0.05) is 91.0 Å². The van der Waals surface area contributed by atoms with Crippen molar-refractivity contribution >= 4 is 11.1 Å². The van der Waals surface area contributed by atoms with E-state index in [4.69, 9.17) is 9.40 Å². The Labute approximate surface area is 252 Å². The summed E-state index contributed by atoms with van der Waals surface area (Å²) in [5.41, 5.74) is 12.5. The van der Waals surface area contributed by atoms with E-state index >= 15 is 0 Å².